The number of nitrogens with zero attached hydrogens (tertiary/aromatic N) is 2. The molecule has 1 N–H and O–H groups in total. The first kappa shape index (κ1) is 13.6. The van der Waals surface area contributed by atoms with Crippen molar-refractivity contribution in [2.45, 2.75) is 6.42 Å². The molecule has 0 unspecified atom stereocenters. The van der Waals surface area contributed by atoms with Crippen LogP contribution >= 0.6 is 0 Å². The molecule has 0 saturated heterocycles. The fraction of sp³-hybridized carbons (Fsp3) is 0.0588. The van der Waals surface area contributed by atoms with E-state index in [1.807, 2.05) is 18.2 Å². The van der Waals surface area contributed by atoms with Crippen LogP contribution in [0.3, 0.4) is 0 Å². The highest BCUT2D eigenvalue weighted by atomic mass is 16.3. The van der Waals surface area contributed by atoms with Gasteiger partial charge >= 0.3 is 0 Å². The van der Waals surface area contributed by atoms with Crippen LogP contribution < -0.4 is 0 Å². The van der Waals surface area contributed by atoms with Crippen LogP contribution in [0.25, 0.3) is 0 Å². The summed E-state index contributed by atoms with van der Waals surface area (Å²) in [6, 6.07) is 14.7. The summed E-state index contributed by atoms with van der Waals surface area (Å²) < 4.78 is 0. The number of para-hydroxylation sites is 2. The summed E-state index contributed by atoms with van der Waals surface area (Å²) in [5.74, 6) is 0.200. The zero-order valence-electron chi connectivity index (χ0n) is 11.0. The SMILES string of the molecule is C=CCc1cccc(C=Nc2ccccc2C#N)c1O. The number of rotatable bonds is 4. The third-order valence-corrected chi connectivity index (χ3v) is 2.88. The Labute approximate surface area is 118 Å². The van der Waals surface area contributed by atoms with E-state index in [1.54, 1.807) is 36.6 Å². The molecule has 98 valence electrons. The lowest BCUT2D eigenvalue weighted by Gasteiger charge is -2.04. The predicted octanol–water partition coefficient (Wildman–Crippen LogP) is 3.74. The van der Waals surface area contributed by atoms with E-state index in [4.69, 9.17) is 5.26 Å². The van der Waals surface area contributed by atoms with Crippen molar-refractivity contribution in [1.82, 2.24) is 0 Å². The van der Waals surface area contributed by atoms with Crippen LogP contribution in [0.2, 0.25) is 0 Å². The van der Waals surface area contributed by atoms with E-state index < -0.39 is 0 Å². The van der Waals surface area contributed by atoms with E-state index in [1.165, 1.54) is 0 Å². The monoisotopic (exact) mass is 262 g/mol. The molecule has 0 atom stereocenters. The van der Waals surface area contributed by atoms with Gasteiger partial charge in [0, 0.05) is 11.8 Å². The first-order valence-corrected chi connectivity index (χ1v) is 6.21. The third-order valence-electron chi connectivity index (χ3n) is 2.88. The van der Waals surface area contributed by atoms with Gasteiger partial charge in [0.05, 0.1) is 11.3 Å². The minimum atomic E-state index is 0.200. The van der Waals surface area contributed by atoms with Gasteiger partial charge < -0.3 is 5.11 Å². The Morgan fingerprint density at radius 2 is 2.00 bits per heavy atom. The fourth-order valence-corrected chi connectivity index (χ4v) is 1.86. The van der Waals surface area contributed by atoms with Crippen molar-refractivity contribution in [2.24, 2.45) is 4.99 Å². The predicted molar refractivity (Wildman–Crippen MR) is 80.4 cm³/mol. The molecule has 0 heterocycles. The minimum Gasteiger partial charge on any atom is -0.507 e. The minimum absolute atomic E-state index is 0.200. The molecule has 0 aliphatic carbocycles. The lowest BCUT2D eigenvalue weighted by Crippen LogP contribution is -1.89. The summed E-state index contributed by atoms with van der Waals surface area (Å²) in [7, 11) is 0. The molecule has 3 nitrogen and oxygen atoms in total. The summed E-state index contributed by atoms with van der Waals surface area (Å²) in [4.78, 5) is 4.28. The van der Waals surface area contributed by atoms with Crippen LogP contribution in [-0.4, -0.2) is 11.3 Å². The van der Waals surface area contributed by atoms with Gasteiger partial charge in [-0.3, -0.25) is 4.99 Å². The molecule has 0 aliphatic heterocycles. The number of phenolic OH excluding ortho intramolecular Hbond substituents is 1. The topological polar surface area (TPSA) is 56.4 Å². The van der Waals surface area contributed by atoms with Gasteiger partial charge in [0.15, 0.2) is 0 Å². The van der Waals surface area contributed by atoms with Gasteiger partial charge in [0.2, 0.25) is 0 Å². The lowest BCUT2D eigenvalue weighted by atomic mass is 10.1. The summed E-state index contributed by atoms with van der Waals surface area (Å²) in [6.45, 7) is 3.66. The van der Waals surface area contributed by atoms with E-state index in [2.05, 4.69) is 17.6 Å². The summed E-state index contributed by atoms with van der Waals surface area (Å²) in [5.41, 5.74) is 2.52. The van der Waals surface area contributed by atoms with Gasteiger partial charge in [-0.25, -0.2) is 0 Å². The third kappa shape index (κ3) is 2.93. The smallest absolute Gasteiger partial charge is 0.127 e. The van der Waals surface area contributed by atoms with Crippen molar-refractivity contribution >= 4 is 11.9 Å². The molecule has 0 amide bonds. The second-order valence-corrected chi connectivity index (χ2v) is 4.23. The molecule has 0 bridgehead atoms. The number of hydrogen-bond donors (Lipinski definition) is 1. The average molecular weight is 262 g/mol. The van der Waals surface area contributed by atoms with Crippen LogP contribution in [0.5, 0.6) is 5.75 Å². The van der Waals surface area contributed by atoms with Gasteiger partial charge in [-0.1, -0.05) is 30.3 Å². The molecule has 2 aromatic carbocycles. The average Bonchev–Trinajstić information content (AvgIpc) is 2.48. The molecule has 0 fully saturated rings. The van der Waals surface area contributed by atoms with E-state index in [9.17, 15) is 5.11 Å². The van der Waals surface area contributed by atoms with Crippen molar-refractivity contribution in [3.05, 3.63) is 71.8 Å². The second-order valence-electron chi connectivity index (χ2n) is 4.23. The van der Waals surface area contributed by atoms with Gasteiger partial charge in [0.1, 0.15) is 11.8 Å². The van der Waals surface area contributed by atoms with Crippen molar-refractivity contribution in [2.75, 3.05) is 0 Å². The van der Waals surface area contributed by atoms with Crippen LogP contribution in [0, 0.1) is 11.3 Å². The van der Waals surface area contributed by atoms with E-state index in [0.717, 1.165) is 5.56 Å². The highest BCUT2D eigenvalue weighted by Crippen LogP contribution is 2.23. The van der Waals surface area contributed by atoms with Crippen molar-refractivity contribution in [3.8, 4) is 11.8 Å². The molecular weight excluding hydrogens is 248 g/mol. The van der Waals surface area contributed by atoms with Crippen LogP contribution in [0.15, 0.2) is 60.1 Å². The zero-order chi connectivity index (χ0) is 14.4. The first-order chi connectivity index (χ1) is 9.76. The summed E-state index contributed by atoms with van der Waals surface area (Å²) in [6.07, 6.45) is 3.90. The van der Waals surface area contributed by atoms with Crippen LogP contribution in [0.4, 0.5) is 5.69 Å². The first-order valence-electron chi connectivity index (χ1n) is 6.21. The Morgan fingerprint density at radius 1 is 1.20 bits per heavy atom. The largest absolute Gasteiger partial charge is 0.507 e. The Kier molecular flexibility index (Phi) is 4.31. The fourth-order valence-electron chi connectivity index (χ4n) is 1.86. The van der Waals surface area contributed by atoms with E-state index in [-0.39, 0.29) is 5.75 Å². The highest BCUT2D eigenvalue weighted by molar-refractivity contribution is 5.86. The number of phenols is 1. The molecule has 3 heteroatoms. The Balaban J connectivity index is 2.35. The van der Waals surface area contributed by atoms with Crippen LogP contribution in [0.1, 0.15) is 16.7 Å². The van der Waals surface area contributed by atoms with Gasteiger partial charge in [-0.05, 0) is 30.2 Å². The summed E-state index contributed by atoms with van der Waals surface area (Å²) >= 11 is 0. The Bertz CT molecular complexity index is 696. The standard InChI is InChI=1S/C17H14N2O/c1-2-6-13-8-5-9-15(17(13)20)12-19-16-10-4-3-7-14(16)11-18/h2-5,7-10,12,20H,1,6H2. The molecule has 0 aliphatic rings. The number of hydrogen-bond acceptors (Lipinski definition) is 3. The van der Waals surface area contributed by atoms with Crippen molar-refractivity contribution in [1.29, 1.82) is 5.26 Å². The number of benzene rings is 2. The summed E-state index contributed by atoms with van der Waals surface area (Å²) in [5, 5.41) is 19.1. The van der Waals surface area contributed by atoms with Gasteiger partial charge in [0.25, 0.3) is 0 Å². The molecule has 2 rings (SSSR count). The molecule has 0 saturated carbocycles. The maximum absolute atomic E-state index is 10.1. The highest BCUT2D eigenvalue weighted by Gasteiger charge is 2.04. The number of aliphatic imine (C=N–C) groups is 1. The Morgan fingerprint density at radius 3 is 2.75 bits per heavy atom. The maximum atomic E-state index is 10.1. The Hall–Kier alpha value is -2.86. The quantitative estimate of drug-likeness (QED) is 0.674. The molecule has 0 spiro atoms. The zero-order valence-corrected chi connectivity index (χ0v) is 11.0. The van der Waals surface area contributed by atoms with E-state index >= 15 is 0 Å². The van der Waals surface area contributed by atoms with Gasteiger partial charge in [-0.15, -0.1) is 6.58 Å². The number of nitriles is 1. The molecular formula is C17H14N2O. The van der Waals surface area contributed by atoms with E-state index in [0.29, 0.717) is 23.2 Å². The second kappa shape index (κ2) is 6.35. The number of allylic oxidation sites excluding steroid dienone is 1. The van der Waals surface area contributed by atoms with Crippen molar-refractivity contribution < 1.29 is 5.11 Å². The van der Waals surface area contributed by atoms with Gasteiger partial charge in [-0.2, -0.15) is 5.26 Å². The molecule has 0 aromatic heterocycles. The molecule has 20 heavy (non-hydrogen) atoms. The maximum Gasteiger partial charge on any atom is 0.127 e. The number of aromatic hydroxyl groups is 1. The normalized spacial score (nSPS) is 10.3. The molecule has 0 radical (unpaired) electrons. The van der Waals surface area contributed by atoms with Crippen LogP contribution in [-0.2, 0) is 6.42 Å². The molecule has 2 aromatic rings. The van der Waals surface area contributed by atoms with Crippen molar-refractivity contribution in [3.63, 3.8) is 0 Å². The lowest BCUT2D eigenvalue weighted by molar-refractivity contribution is 0.469.